The van der Waals surface area contributed by atoms with E-state index in [0.29, 0.717) is 6.42 Å². The molecule has 0 aliphatic heterocycles. The predicted octanol–water partition coefficient (Wildman–Crippen LogP) is 1.76. The molecule has 0 saturated carbocycles. The van der Waals surface area contributed by atoms with Crippen molar-refractivity contribution in [2.24, 2.45) is 0 Å². The van der Waals surface area contributed by atoms with Gasteiger partial charge in [-0.15, -0.1) is 23.2 Å². The summed E-state index contributed by atoms with van der Waals surface area (Å²) in [5.41, 5.74) is 0. The standard InChI is InChI=1S/C6H11Cl2O3S/c1-2-3-5(7)6(8)4-12(9,10)11/h5-6H,2-4H2,1H3. The molecule has 0 N–H and O–H groups in total. The van der Waals surface area contributed by atoms with Crippen molar-refractivity contribution < 1.29 is 13.0 Å². The summed E-state index contributed by atoms with van der Waals surface area (Å²) in [6.07, 6.45) is 1.43. The first kappa shape index (κ1) is 12.5. The van der Waals surface area contributed by atoms with Gasteiger partial charge in [0.15, 0.2) is 0 Å². The summed E-state index contributed by atoms with van der Waals surface area (Å²) in [5.74, 6) is -0.595. The van der Waals surface area contributed by atoms with Crippen molar-refractivity contribution in [3.63, 3.8) is 0 Å². The summed E-state index contributed by atoms with van der Waals surface area (Å²) in [6.45, 7) is 1.91. The Bertz CT molecular complexity index is 215. The van der Waals surface area contributed by atoms with Gasteiger partial charge in [0.25, 0.3) is 10.1 Å². The van der Waals surface area contributed by atoms with Crippen LogP contribution in [-0.2, 0) is 14.7 Å². The quantitative estimate of drug-likeness (QED) is 0.680. The Morgan fingerprint density at radius 2 is 1.75 bits per heavy atom. The van der Waals surface area contributed by atoms with Gasteiger partial charge < -0.3 is 0 Å². The lowest BCUT2D eigenvalue weighted by atomic mass is 10.2. The molecule has 0 aromatic rings. The van der Waals surface area contributed by atoms with E-state index in [1.165, 1.54) is 0 Å². The first-order valence-corrected chi connectivity index (χ1v) is 6.03. The summed E-state index contributed by atoms with van der Waals surface area (Å²) >= 11 is 11.3. The average molecular weight is 234 g/mol. The Morgan fingerprint density at radius 3 is 2.08 bits per heavy atom. The van der Waals surface area contributed by atoms with E-state index in [1.54, 1.807) is 0 Å². The van der Waals surface area contributed by atoms with Gasteiger partial charge in [0.05, 0.1) is 16.5 Å². The van der Waals surface area contributed by atoms with Crippen molar-refractivity contribution in [3.05, 3.63) is 0 Å². The molecule has 3 nitrogen and oxygen atoms in total. The third-order valence-corrected chi connectivity index (χ3v) is 3.38. The Labute approximate surface area is 82.8 Å². The van der Waals surface area contributed by atoms with Crippen LogP contribution in [0.3, 0.4) is 0 Å². The fourth-order valence-corrected chi connectivity index (χ4v) is 2.38. The predicted molar refractivity (Wildman–Crippen MR) is 48.7 cm³/mol. The molecule has 6 heteroatoms. The van der Waals surface area contributed by atoms with E-state index in [9.17, 15) is 13.0 Å². The zero-order valence-corrected chi connectivity index (χ0v) is 8.99. The molecule has 2 unspecified atom stereocenters. The van der Waals surface area contributed by atoms with E-state index >= 15 is 0 Å². The van der Waals surface area contributed by atoms with Gasteiger partial charge in [0.1, 0.15) is 0 Å². The molecule has 12 heavy (non-hydrogen) atoms. The summed E-state index contributed by atoms with van der Waals surface area (Å²) in [5, 5.41) is -1.23. The number of halogens is 2. The third kappa shape index (κ3) is 6.06. The molecule has 0 saturated heterocycles. The number of alkyl halides is 2. The molecule has 0 rings (SSSR count). The largest absolute Gasteiger partial charge is 0.296 e. The van der Waals surface area contributed by atoms with Crippen LogP contribution >= 0.6 is 23.2 Å². The van der Waals surface area contributed by atoms with Crippen molar-refractivity contribution in [2.45, 2.75) is 30.5 Å². The van der Waals surface area contributed by atoms with Crippen LogP contribution in [-0.4, -0.2) is 24.9 Å². The maximum absolute atomic E-state index is 10.3. The zero-order valence-electron chi connectivity index (χ0n) is 6.66. The molecule has 0 aliphatic rings. The van der Waals surface area contributed by atoms with Gasteiger partial charge in [0, 0.05) is 0 Å². The molecule has 1 radical (unpaired) electrons. The molecule has 73 valence electrons. The SMILES string of the molecule is CCCC(Cl)C(Cl)CS([O])(=O)=O. The minimum atomic E-state index is -4.25. The summed E-state index contributed by atoms with van der Waals surface area (Å²) in [4.78, 5) is 0. The van der Waals surface area contributed by atoms with E-state index in [2.05, 4.69) is 0 Å². The lowest BCUT2D eigenvalue weighted by Crippen LogP contribution is -2.23. The normalized spacial score (nSPS) is 17.3. The molecule has 0 fully saturated rings. The lowest BCUT2D eigenvalue weighted by Gasteiger charge is -2.12. The minimum absolute atomic E-state index is 0.444. The smallest absolute Gasteiger partial charge is 0.197 e. The van der Waals surface area contributed by atoms with Gasteiger partial charge in [-0.25, -0.2) is 0 Å². The summed E-state index contributed by atoms with van der Waals surface area (Å²) in [7, 11) is -4.25. The zero-order chi connectivity index (χ0) is 9.78. The van der Waals surface area contributed by atoms with E-state index < -0.39 is 26.6 Å². The highest BCUT2D eigenvalue weighted by molar-refractivity contribution is 7.85. The molecular weight excluding hydrogens is 223 g/mol. The monoisotopic (exact) mass is 233 g/mol. The maximum Gasteiger partial charge on any atom is 0.296 e. The molecule has 0 aromatic carbocycles. The third-order valence-electron chi connectivity index (χ3n) is 1.32. The molecule has 0 bridgehead atoms. The van der Waals surface area contributed by atoms with Crippen molar-refractivity contribution in [3.8, 4) is 0 Å². The average Bonchev–Trinajstić information content (AvgIpc) is 1.84. The number of hydrogen-bond acceptors (Lipinski definition) is 2. The van der Waals surface area contributed by atoms with Crippen molar-refractivity contribution in [1.29, 1.82) is 0 Å². The van der Waals surface area contributed by atoms with Crippen molar-refractivity contribution >= 4 is 33.3 Å². The van der Waals surface area contributed by atoms with E-state index in [-0.39, 0.29) is 0 Å². The highest BCUT2D eigenvalue weighted by Gasteiger charge is 2.22. The van der Waals surface area contributed by atoms with Crippen LogP contribution in [0.5, 0.6) is 0 Å². The number of hydrogen-bond donors (Lipinski definition) is 0. The highest BCUT2D eigenvalue weighted by atomic mass is 35.5. The van der Waals surface area contributed by atoms with Gasteiger partial charge in [-0.3, -0.25) is 0 Å². The Kier molecular flexibility index (Phi) is 5.48. The highest BCUT2D eigenvalue weighted by Crippen LogP contribution is 2.16. The second-order valence-electron chi connectivity index (χ2n) is 2.55. The van der Waals surface area contributed by atoms with Crippen LogP contribution in [0.1, 0.15) is 19.8 Å². The van der Waals surface area contributed by atoms with Crippen LogP contribution in [0.15, 0.2) is 0 Å². The van der Waals surface area contributed by atoms with Crippen molar-refractivity contribution in [2.75, 3.05) is 5.75 Å². The van der Waals surface area contributed by atoms with Gasteiger partial charge in [-0.2, -0.15) is 8.42 Å². The summed E-state index contributed by atoms with van der Waals surface area (Å²) in [6, 6.07) is 0. The Morgan fingerprint density at radius 1 is 1.25 bits per heavy atom. The fourth-order valence-electron chi connectivity index (χ4n) is 0.756. The Hall–Kier alpha value is 0.490. The van der Waals surface area contributed by atoms with Gasteiger partial charge in [-0.05, 0) is 6.42 Å². The first-order chi connectivity index (χ1) is 5.37. The van der Waals surface area contributed by atoms with Gasteiger partial charge >= 0.3 is 0 Å². The molecule has 0 heterocycles. The van der Waals surface area contributed by atoms with Crippen molar-refractivity contribution in [1.82, 2.24) is 0 Å². The van der Waals surface area contributed by atoms with E-state index in [4.69, 9.17) is 23.2 Å². The molecular formula is C6H11Cl2O3S. The number of rotatable bonds is 5. The van der Waals surface area contributed by atoms with Crippen LogP contribution in [0.4, 0.5) is 0 Å². The van der Waals surface area contributed by atoms with E-state index in [1.807, 2.05) is 6.92 Å². The molecule has 0 aromatic heterocycles. The minimum Gasteiger partial charge on any atom is -0.197 e. The Balaban J connectivity index is 3.95. The second kappa shape index (κ2) is 5.27. The second-order valence-corrected chi connectivity index (χ2v) is 5.11. The first-order valence-electron chi connectivity index (χ1n) is 3.58. The van der Waals surface area contributed by atoms with Crippen LogP contribution in [0.2, 0.25) is 0 Å². The van der Waals surface area contributed by atoms with Gasteiger partial charge in [-0.1, -0.05) is 17.9 Å². The molecule has 2 atom stereocenters. The van der Waals surface area contributed by atoms with Crippen LogP contribution < -0.4 is 0 Å². The molecule has 0 spiro atoms. The van der Waals surface area contributed by atoms with Gasteiger partial charge in [0.2, 0.25) is 0 Å². The maximum atomic E-state index is 10.3. The summed E-state index contributed by atoms with van der Waals surface area (Å²) < 4.78 is 30.8. The van der Waals surface area contributed by atoms with E-state index in [0.717, 1.165) is 6.42 Å². The molecule has 0 aliphatic carbocycles. The molecule has 0 amide bonds. The fraction of sp³-hybridized carbons (Fsp3) is 1.00. The lowest BCUT2D eigenvalue weighted by molar-refractivity contribution is 0.412. The van der Waals surface area contributed by atoms with Crippen LogP contribution in [0, 0.1) is 0 Å². The van der Waals surface area contributed by atoms with Crippen LogP contribution in [0.25, 0.3) is 0 Å². The topological polar surface area (TPSA) is 54.0 Å².